The highest BCUT2D eigenvalue weighted by molar-refractivity contribution is 9.10. The molecule has 9 rings (SSSR count). The molecule has 8 nitrogen and oxygen atoms in total. The van der Waals surface area contributed by atoms with Crippen molar-refractivity contribution in [1.29, 1.82) is 0 Å². The van der Waals surface area contributed by atoms with Gasteiger partial charge < -0.3 is 24.2 Å². The lowest BCUT2D eigenvalue weighted by Gasteiger charge is -2.33. The Hall–Kier alpha value is -6.17. The molecule has 91 heavy (non-hydrogen) atoms. The van der Waals surface area contributed by atoms with Crippen LogP contribution < -0.4 is 9.47 Å². The third kappa shape index (κ3) is 22.3. The number of rotatable bonds is 14. The van der Waals surface area contributed by atoms with E-state index in [1.54, 1.807) is 4.20 Å². The molecular weight excluding hydrogens is 1370 g/mol. The number of hydrogen-bond acceptors (Lipinski definition) is 8. The highest BCUT2D eigenvalue weighted by atomic mass is 79.9. The maximum absolute atomic E-state index is 14.8. The standard InChI is InChI=1S/C29H25F9O2.C13H23S2.C12H6F4O.C7H4BrFO2.CHF3O3S/c1-2-3-16-4-6-18(7-5-16)28(35,36)39-20-9-11-22(24(31)15-20)29(37,38)40-19-8-10-21(23(30)14-19)17-12-25(32)27(34)26(33)13-17;1-2-4-11-5-7-12(8-6-11)13-14-9-3-10-15-13;13-9-5-7(17)1-2-8(9)6-3-10(14)12(16)11(15)4-6;8-4-1-2-5(7(10)11)6(9)3-4;2-1(3,4)8(5,6)7/h8-16,18H,2-7H2,1H3;11-12H,2-10H2,1H3;1-5,17H;1-3H,(H,10,11);(H,5,6,7)/q;+1;;;/p-1. The minimum atomic E-state index is -6.09. The number of ether oxygens (including phenoxy) is 2. The predicted octanol–water partition coefficient (Wildman–Crippen LogP) is 19.7. The van der Waals surface area contributed by atoms with Gasteiger partial charge in [0.25, 0.3) is 0 Å². The minimum absolute atomic E-state index is 0.124. The van der Waals surface area contributed by atoms with E-state index in [0.29, 0.717) is 65.7 Å². The van der Waals surface area contributed by atoms with E-state index in [4.69, 9.17) is 27.9 Å². The molecular formula is C62H58BrF17O8S3. The van der Waals surface area contributed by atoms with E-state index >= 15 is 0 Å². The molecule has 3 aliphatic rings. The highest BCUT2D eigenvalue weighted by Gasteiger charge is 2.45. The van der Waals surface area contributed by atoms with Crippen LogP contribution in [0.5, 0.6) is 17.2 Å². The molecule has 0 spiro atoms. The molecule has 498 valence electrons. The Kier molecular flexibility index (Phi) is 27.9. The third-order valence-electron chi connectivity index (χ3n) is 14.4. The van der Waals surface area contributed by atoms with Crippen molar-refractivity contribution in [3.63, 3.8) is 0 Å². The fourth-order valence-electron chi connectivity index (χ4n) is 9.83. The second-order valence-corrected chi connectivity index (χ2v) is 25.8. The average molecular weight is 1430 g/mol. The van der Waals surface area contributed by atoms with E-state index in [-0.39, 0.29) is 35.3 Å². The predicted molar refractivity (Wildman–Crippen MR) is 313 cm³/mol. The maximum atomic E-state index is 14.8. The molecule has 2 aliphatic carbocycles. The number of carboxylic acids is 1. The van der Waals surface area contributed by atoms with Gasteiger partial charge >= 0.3 is 23.7 Å². The third-order valence-corrected chi connectivity index (χ3v) is 18.3. The molecule has 2 N–H and O–H groups in total. The number of alkyl halides is 7. The number of aromatic carboxylic acids is 1. The van der Waals surface area contributed by atoms with Crippen LogP contribution in [0.15, 0.2) is 102 Å². The van der Waals surface area contributed by atoms with Gasteiger partial charge in [0.2, 0.25) is 4.20 Å². The normalized spacial score (nSPS) is 17.7. The van der Waals surface area contributed by atoms with E-state index in [1.165, 1.54) is 68.6 Å². The van der Waals surface area contributed by atoms with E-state index in [9.17, 15) is 79.4 Å². The molecule has 2 fully saturated rings. The molecule has 0 atom stereocenters. The lowest BCUT2D eigenvalue weighted by Crippen LogP contribution is -2.37. The van der Waals surface area contributed by atoms with Crippen LogP contribution in [0.4, 0.5) is 74.6 Å². The summed E-state index contributed by atoms with van der Waals surface area (Å²) < 4.78 is 263. The zero-order valence-electron chi connectivity index (χ0n) is 48.0. The lowest BCUT2D eigenvalue weighted by molar-refractivity contribution is -0.223. The molecule has 0 aromatic heterocycles. The SMILES string of the molecule is CCCC1CCC(C(F)(F)Oc2ccc(C(F)(F)Oc3ccc(-c4cc(F)c(F)c(F)c4)c(F)c3)c(F)c2)CC1.CCCC1CCC(C2=[S+]CCCS2)CC1.O=C(O)c1ccc(Br)cc1F.O=S(=O)([O-])C(F)(F)F.Oc1ccc(-c2cc(F)c(F)c(F)c2)c(F)c1. The van der Waals surface area contributed by atoms with Gasteiger partial charge in [0.1, 0.15) is 46.1 Å². The number of phenols is 1. The smallest absolute Gasteiger partial charge is 0.485 e. The van der Waals surface area contributed by atoms with Crippen molar-refractivity contribution in [2.24, 2.45) is 23.7 Å². The van der Waals surface area contributed by atoms with E-state index < -0.39 is 126 Å². The minimum Gasteiger partial charge on any atom is -0.741 e. The molecule has 2 saturated carbocycles. The number of phenolic OH excluding ortho intramolecular Hbond substituents is 1. The van der Waals surface area contributed by atoms with Gasteiger partial charge in [-0.2, -0.15) is 30.7 Å². The fourth-order valence-corrected chi connectivity index (χ4v) is 13.1. The summed E-state index contributed by atoms with van der Waals surface area (Å²) in [5.41, 5.74) is -8.39. The summed E-state index contributed by atoms with van der Waals surface area (Å²) in [4.78, 5) is 10.3. The molecule has 0 unspecified atom stereocenters. The molecule has 0 bridgehead atoms. The second kappa shape index (κ2) is 33.6. The number of halogens is 18. The van der Waals surface area contributed by atoms with Crippen molar-refractivity contribution >= 4 is 59.3 Å². The van der Waals surface area contributed by atoms with Crippen molar-refractivity contribution in [2.75, 3.05) is 11.5 Å². The molecule has 0 amide bonds. The first kappa shape index (κ1) is 75.5. The highest BCUT2D eigenvalue weighted by Crippen LogP contribution is 2.43. The van der Waals surface area contributed by atoms with Crippen LogP contribution in [0.25, 0.3) is 22.3 Å². The van der Waals surface area contributed by atoms with Gasteiger partial charge in [-0.3, -0.25) is 0 Å². The Morgan fingerprint density at radius 3 is 1.49 bits per heavy atom. The summed E-state index contributed by atoms with van der Waals surface area (Å²) in [5.74, 6) is -12.7. The largest absolute Gasteiger partial charge is 0.741 e. The quantitative estimate of drug-likeness (QED) is 0.0273. The van der Waals surface area contributed by atoms with Gasteiger partial charge in [-0.05, 0) is 153 Å². The summed E-state index contributed by atoms with van der Waals surface area (Å²) in [6.07, 6.45) is 5.86. The molecule has 1 aliphatic heterocycles. The summed E-state index contributed by atoms with van der Waals surface area (Å²) in [5, 5.41) is 17.4. The zero-order chi connectivity index (χ0) is 67.8. The van der Waals surface area contributed by atoms with Crippen LogP contribution in [0.1, 0.15) is 113 Å². The van der Waals surface area contributed by atoms with Crippen molar-refractivity contribution in [2.45, 2.75) is 115 Å². The van der Waals surface area contributed by atoms with Crippen molar-refractivity contribution in [3.8, 4) is 39.5 Å². The van der Waals surface area contributed by atoms with Crippen LogP contribution >= 0.6 is 27.7 Å². The lowest BCUT2D eigenvalue weighted by atomic mass is 9.79. The van der Waals surface area contributed by atoms with E-state index in [1.807, 2.05) is 6.92 Å². The summed E-state index contributed by atoms with van der Waals surface area (Å²) in [7, 11) is -6.09. The van der Waals surface area contributed by atoms with Gasteiger partial charge in [0.15, 0.2) is 62.1 Å². The topological polar surface area (TPSA) is 133 Å². The van der Waals surface area contributed by atoms with Crippen LogP contribution in [0.3, 0.4) is 0 Å². The van der Waals surface area contributed by atoms with Crippen molar-refractivity contribution in [1.82, 2.24) is 0 Å². The maximum Gasteiger partial charge on any atom is 0.485 e. The summed E-state index contributed by atoms with van der Waals surface area (Å²) in [6, 6.07) is 13.2. The Bertz CT molecular complexity index is 3530. The first-order valence-electron chi connectivity index (χ1n) is 27.9. The van der Waals surface area contributed by atoms with Gasteiger partial charge in [0.05, 0.1) is 11.5 Å². The Labute approximate surface area is 529 Å². The van der Waals surface area contributed by atoms with E-state index in [2.05, 4.69) is 50.7 Å². The van der Waals surface area contributed by atoms with Crippen molar-refractivity contribution < 1.29 is 112 Å². The molecule has 29 heteroatoms. The summed E-state index contributed by atoms with van der Waals surface area (Å²) in [6.45, 7) is 4.35. The van der Waals surface area contributed by atoms with E-state index in [0.717, 1.165) is 67.1 Å². The Morgan fingerprint density at radius 2 is 1.07 bits per heavy atom. The summed E-state index contributed by atoms with van der Waals surface area (Å²) >= 11 is 7.34. The molecule has 6 aromatic carbocycles. The second-order valence-electron chi connectivity index (χ2n) is 20.9. The number of hydrogen-bond donors (Lipinski definition) is 2. The van der Waals surface area contributed by atoms with Crippen molar-refractivity contribution in [3.05, 3.63) is 171 Å². The first-order valence-corrected chi connectivity index (χ1v) is 32.1. The monoisotopic (exact) mass is 1430 g/mol. The van der Waals surface area contributed by atoms with Crippen LogP contribution in [0.2, 0.25) is 0 Å². The number of aromatic hydroxyl groups is 1. The van der Waals surface area contributed by atoms with Gasteiger partial charge in [-0.1, -0.05) is 67.2 Å². The molecule has 1 heterocycles. The Balaban J connectivity index is 0.000000240. The average Bonchev–Trinajstić information content (AvgIpc) is 0.940. The number of benzene rings is 6. The molecule has 0 saturated heterocycles. The fraction of sp³-hybridized carbons (Fsp3) is 0.387. The number of thioether (sulfide) groups is 1. The molecule has 0 radical (unpaired) electrons. The van der Waals surface area contributed by atoms with Crippen LogP contribution in [-0.4, -0.2) is 56.5 Å². The molecule has 6 aromatic rings. The first-order chi connectivity index (χ1) is 42.5. The van der Waals surface area contributed by atoms with Gasteiger partial charge in [-0.15, -0.1) is 0 Å². The zero-order valence-corrected chi connectivity index (χ0v) is 52.1. The Morgan fingerprint density at radius 1 is 0.604 bits per heavy atom. The number of carboxylic acid groups (broad SMARTS) is 1. The van der Waals surface area contributed by atoms with Crippen LogP contribution in [0, 0.1) is 81.8 Å². The van der Waals surface area contributed by atoms with Gasteiger partial charge in [0, 0.05) is 51.9 Å². The number of carbonyl (C=O) groups is 1. The van der Waals surface area contributed by atoms with Crippen LogP contribution in [-0.2, 0) is 27.6 Å². The van der Waals surface area contributed by atoms with Gasteiger partial charge in [-0.25, -0.2) is 57.1 Å².